The first-order chi connectivity index (χ1) is 11.7. The van der Waals surface area contributed by atoms with Crippen LogP contribution in [0.25, 0.3) is 0 Å². The highest BCUT2D eigenvalue weighted by Gasteiger charge is 2.31. The Bertz CT molecular complexity index is 517. The first kappa shape index (κ1) is 17.4. The summed E-state index contributed by atoms with van der Waals surface area (Å²) in [5.74, 6) is 0.243. The van der Waals surface area contributed by atoms with Crippen LogP contribution < -0.4 is 0 Å². The molecule has 132 valence electrons. The van der Waals surface area contributed by atoms with Crippen molar-refractivity contribution in [2.75, 3.05) is 26.7 Å². The average Bonchev–Trinajstić information content (AvgIpc) is 2.63. The standard InChI is InChI=1S/C19H29N3O2/c1-21(15-17-8-3-5-12-24-17)19(23)18-9-2-4-11-22(18)14-16-7-6-10-20-13-16/h6-7,10,13,17-18H,2-5,8-9,11-12,14-15H2,1H3/t17-,18+/m0/s1. The van der Waals surface area contributed by atoms with Gasteiger partial charge >= 0.3 is 0 Å². The number of pyridine rings is 1. The maximum Gasteiger partial charge on any atom is 0.239 e. The van der Waals surface area contributed by atoms with E-state index in [1.807, 2.05) is 24.2 Å². The van der Waals surface area contributed by atoms with Crippen molar-refractivity contribution in [3.05, 3.63) is 30.1 Å². The molecule has 1 aromatic heterocycles. The topological polar surface area (TPSA) is 45.7 Å². The molecule has 0 spiro atoms. The number of ether oxygens (including phenoxy) is 1. The van der Waals surface area contributed by atoms with Crippen molar-refractivity contribution in [1.82, 2.24) is 14.8 Å². The third kappa shape index (κ3) is 4.54. The van der Waals surface area contributed by atoms with E-state index in [2.05, 4.69) is 16.0 Å². The summed E-state index contributed by atoms with van der Waals surface area (Å²) in [6.45, 7) is 3.34. The van der Waals surface area contributed by atoms with E-state index in [4.69, 9.17) is 4.74 Å². The van der Waals surface area contributed by atoms with Crippen molar-refractivity contribution in [2.24, 2.45) is 0 Å². The van der Waals surface area contributed by atoms with Gasteiger partial charge in [-0.25, -0.2) is 0 Å². The fourth-order valence-electron chi connectivity index (χ4n) is 3.79. The van der Waals surface area contributed by atoms with Gasteiger partial charge in [0.05, 0.1) is 12.1 Å². The number of piperidine rings is 1. The Morgan fingerprint density at radius 3 is 2.96 bits per heavy atom. The lowest BCUT2D eigenvalue weighted by Gasteiger charge is -2.37. The largest absolute Gasteiger partial charge is 0.376 e. The third-order valence-corrected chi connectivity index (χ3v) is 5.13. The van der Waals surface area contributed by atoms with Crippen LogP contribution >= 0.6 is 0 Å². The van der Waals surface area contributed by atoms with Gasteiger partial charge in [-0.15, -0.1) is 0 Å². The minimum absolute atomic E-state index is 0.00690. The van der Waals surface area contributed by atoms with E-state index in [9.17, 15) is 4.79 Å². The molecule has 2 aliphatic heterocycles. The molecule has 3 heterocycles. The van der Waals surface area contributed by atoms with Crippen LogP contribution in [0.4, 0.5) is 0 Å². The van der Waals surface area contributed by atoms with Gasteiger partial charge in [-0.3, -0.25) is 14.7 Å². The molecule has 2 atom stereocenters. The number of rotatable bonds is 5. The van der Waals surface area contributed by atoms with Crippen LogP contribution in [0.15, 0.2) is 24.5 Å². The zero-order valence-electron chi connectivity index (χ0n) is 14.7. The van der Waals surface area contributed by atoms with E-state index < -0.39 is 0 Å². The van der Waals surface area contributed by atoms with Crippen LogP contribution in [0, 0.1) is 0 Å². The number of amides is 1. The highest BCUT2D eigenvalue weighted by Crippen LogP contribution is 2.22. The molecule has 24 heavy (non-hydrogen) atoms. The van der Waals surface area contributed by atoms with E-state index in [-0.39, 0.29) is 18.1 Å². The Morgan fingerprint density at radius 2 is 2.21 bits per heavy atom. The molecule has 2 saturated heterocycles. The second kappa shape index (κ2) is 8.58. The summed E-state index contributed by atoms with van der Waals surface area (Å²) < 4.78 is 5.79. The Labute approximate surface area is 145 Å². The van der Waals surface area contributed by atoms with Gasteiger partial charge in [-0.05, 0) is 50.3 Å². The number of carbonyl (C=O) groups excluding carboxylic acids is 1. The lowest BCUT2D eigenvalue weighted by molar-refractivity contribution is -0.139. The molecule has 2 fully saturated rings. The number of hydrogen-bond acceptors (Lipinski definition) is 4. The molecule has 5 nitrogen and oxygen atoms in total. The summed E-state index contributed by atoms with van der Waals surface area (Å²) in [5.41, 5.74) is 1.18. The summed E-state index contributed by atoms with van der Waals surface area (Å²) in [7, 11) is 1.93. The number of hydrogen-bond donors (Lipinski definition) is 0. The maximum absolute atomic E-state index is 13.0. The van der Waals surface area contributed by atoms with Gasteiger partial charge in [-0.1, -0.05) is 12.5 Å². The molecule has 0 N–H and O–H groups in total. The molecule has 3 rings (SSSR count). The maximum atomic E-state index is 13.0. The van der Waals surface area contributed by atoms with E-state index in [1.165, 1.54) is 18.4 Å². The number of nitrogens with zero attached hydrogens (tertiary/aromatic N) is 3. The molecule has 0 aromatic carbocycles. The first-order valence-corrected chi connectivity index (χ1v) is 9.23. The van der Waals surface area contributed by atoms with E-state index in [1.54, 1.807) is 6.20 Å². The molecule has 1 amide bonds. The van der Waals surface area contributed by atoms with Crippen LogP contribution in [-0.2, 0) is 16.1 Å². The van der Waals surface area contributed by atoms with E-state index in [0.717, 1.165) is 51.9 Å². The molecule has 0 bridgehead atoms. The lowest BCUT2D eigenvalue weighted by atomic mass is 9.99. The second-order valence-corrected chi connectivity index (χ2v) is 7.05. The van der Waals surface area contributed by atoms with Crippen molar-refractivity contribution < 1.29 is 9.53 Å². The minimum atomic E-state index is -0.00690. The molecule has 0 saturated carbocycles. The van der Waals surface area contributed by atoms with Crippen molar-refractivity contribution >= 4 is 5.91 Å². The second-order valence-electron chi connectivity index (χ2n) is 7.05. The molecule has 0 aliphatic carbocycles. The average molecular weight is 331 g/mol. The zero-order valence-corrected chi connectivity index (χ0v) is 14.7. The van der Waals surface area contributed by atoms with Gasteiger partial charge < -0.3 is 9.64 Å². The number of aromatic nitrogens is 1. The van der Waals surface area contributed by atoms with Crippen molar-refractivity contribution in [3.8, 4) is 0 Å². The third-order valence-electron chi connectivity index (χ3n) is 5.13. The summed E-state index contributed by atoms with van der Waals surface area (Å²) in [5, 5.41) is 0. The lowest BCUT2D eigenvalue weighted by Crippen LogP contribution is -2.51. The van der Waals surface area contributed by atoms with Gasteiger partial charge in [0.2, 0.25) is 5.91 Å². The monoisotopic (exact) mass is 331 g/mol. The Kier molecular flexibility index (Phi) is 6.21. The van der Waals surface area contributed by atoms with Gasteiger partial charge in [0.15, 0.2) is 0 Å². The Hall–Kier alpha value is -1.46. The quantitative estimate of drug-likeness (QED) is 0.831. The smallest absolute Gasteiger partial charge is 0.239 e. The fourth-order valence-corrected chi connectivity index (χ4v) is 3.79. The van der Waals surface area contributed by atoms with Gasteiger partial charge in [-0.2, -0.15) is 0 Å². The summed E-state index contributed by atoms with van der Waals surface area (Å²) in [4.78, 5) is 21.4. The van der Waals surface area contributed by atoms with Crippen LogP contribution in [0.3, 0.4) is 0 Å². The molecule has 1 aromatic rings. The van der Waals surface area contributed by atoms with Crippen LogP contribution in [0.5, 0.6) is 0 Å². The summed E-state index contributed by atoms with van der Waals surface area (Å²) in [6.07, 6.45) is 10.6. The van der Waals surface area contributed by atoms with Crippen molar-refractivity contribution in [2.45, 2.75) is 57.2 Å². The summed E-state index contributed by atoms with van der Waals surface area (Å²) in [6, 6.07) is 4.04. The number of likely N-dealkylation sites (N-methyl/N-ethyl adjacent to an activating group) is 1. The normalized spacial score (nSPS) is 25.4. The molecule has 2 aliphatic rings. The zero-order chi connectivity index (χ0) is 16.8. The van der Waals surface area contributed by atoms with Gasteiger partial charge in [0, 0.05) is 39.1 Å². The predicted octanol–water partition coefficient (Wildman–Crippen LogP) is 2.46. The Balaban J connectivity index is 1.59. The highest BCUT2D eigenvalue weighted by atomic mass is 16.5. The molecule has 0 radical (unpaired) electrons. The highest BCUT2D eigenvalue weighted by molar-refractivity contribution is 5.81. The van der Waals surface area contributed by atoms with Crippen LogP contribution in [0.1, 0.15) is 44.1 Å². The van der Waals surface area contributed by atoms with Crippen molar-refractivity contribution in [1.29, 1.82) is 0 Å². The van der Waals surface area contributed by atoms with Gasteiger partial charge in [0.1, 0.15) is 0 Å². The Morgan fingerprint density at radius 1 is 1.33 bits per heavy atom. The molecule has 5 heteroatoms. The molecule has 0 unspecified atom stereocenters. The SMILES string of the molecule is CN(C[C@@H]1CCCCO1)C(=O)[C@H]1CCCCN1Cc1cccnc1. The predicted molar refractivity (Wildman–Crippen MR) is 93.5 cm³/mol. The van der Waals surface area contributed by atoms with E-state index in [0.29, 0.717) is 0 Å². The number of likely N-dealkylation sites (tertiary alicyclic amines) is 1. The molecular formula is C19H29N3O2. The minimum Gasteiger partial charge on any atom is -0.376 e. The van der Waals surface area contributed by atoms with Crippen molar-refractivity contribution in [3.63, 3.8) is 0 Å². The van der Waals surface area contributed by atoms with Crippen LogP contribution in [0.2, 0.25) is 0 Å². The van der Waals surface area contributed by atoms with Crippen LogP contribution in [-0.4, -0.2) is 59.6 Å². The summed E-state index contributed by atoms with van der Waals surface area (Å²) >= 11 is 0. The van der Waals surface area contributed by atoms with Gasteiger partial charge in [0.25, 0.3) is 0 Å². The molecular weight excluding hydrogens is 302 g/mol. The fraction of sp³-hybridized carbons (Fsp3) is 0.684. The number of carbonyl (C=O) groups is 1. The van der Waals surface area contributed by atoms with E-state index >= 15 is 0 Å². The first-order valence-electron chi connectivity index (χ1n) is 9.23.